The topological polar surface area (TPSA) is 66.5 Å². The first-order valence-corrected chi connectivity index (χ1v) is 8.04. The predicted octanol–water partition coefficient (Wildman–Crippen LogP) is 0.626. The van der Waals surface area contributed by atoms with Crippen molar-refractivity contribution in [3.05, 3.63) is 15.8 Å². The smallest absolute Gasteiger partial charge is 0.244 e. The minimum atomic E-state index is -3.53. The highest BCUT2D eigenvalue weighted by Gasteiger charge is 2.49. The van der Waals surface area contributed by atoms with Crippen LogP contribution in [0.5, 0.6) is 0 Å². The summed E-state index contributed by atoms with van der Waals surface area (Å²) in [4.78, 5) is 13.7. The number of hydrogen-bond donors (Lipinski definition) is 1. The number of aryl methyl sites for hydroxylation is 2. The molecule has 2 bridgehead atoms. The van der Waals surface area contributed by atoms with Gasteiger partial charge in [0, 0.05) is 22.3 Å². The minimum absolute atomic E-state index is 0.0164. The van der Waals surface area contributed by atoms with Crippen LogP contribution in [-0.2, 0) is 14.8 Å². The molecule has 1 aromatic rings. The van der Waals surface area contributed by atoms with Gasteiger partial charge in [0.15, 0.2) is 0 Å². The van der Waals surface area contributed by atoms with Crippen molar-refractivity contribution in [1.82, 2.24) is 9.62 Å². The van der Waals surface area contributed by atoms with E-state index in [2.05, 4.69) is 5.32 Å². The Bertz CT molecular complexity index is 620. The Kier molecular flexibility index (Phi) is 2.55. The molecule has 1 N–H and O–H groups in total. The van der Waals surface area contributed by atoms with Gasteiger partial charge in [-0.2, -0.15) is 4.31 Å². The molecule has 2 aliphatic rings. The molecule has 18 heavy (non-hydrogen) atoms. The van der Waals surface area contributed by atoms with Gasteiger partial charge in [-0.05, 0) is 26.3 Å². The predicted molar refractivity (Wildman–Crippen MR) is 68.0 cm³/mol. The molecule has 0 radical (unpaired) electrons. The first-order chi connectivity index (χ1) is 8.39. The Morgan fingerprint density at radius 2 is 2.17 bits per heavy atom. The van der Waals surface area contributed by atoms with Crippen LogP contribution in [0.15, 0.2) is 11.0 Å². The van der Waals surface area contributed by atoms with Crippen molar-refractivity contribution >= 4 is 27.3 Å². The van der Waals surface area contributed by atoms with E-state index in [0.717, 1.165) is 9.75 Å². The molecular formula is C11H14N2O3S2. The number of carbonyl (C=O) groups excluding carboxylic acids is 1. The molecule has 1 aromatic heterocycles. The summed E-state index contributed by atoms with van der Waals surface area (Å²) in [7, 11) is -3.53. The van der Waals surface area contributed by atoms with E-state index in [1.807, 2.05) is 6.92 Å². The largest absolute Gasteiger partial charge is 0.351 e. The lowest BCUT2D eigenvalue weighted by Gasteiger charge is -2.25. The normalized spacial score (nSPS) is 27.8. The first-order valence-electron chi connectivity index (χ1n) is 5.79. The van der Waals surface area contributed by atoms with E-state index >= 15 is 0 Å². The second kappa shape index (κ2) is 3.79. The van der Waals surface area contributed by atoms with E-state index in [4.69, 9.17) is 0 Å². The monoisotopic (exact) mass is 286 g/mol. The second-order valence-corrected chi connectivity index (χ2v) is 8.13. The number of nitrogens with zero attached hydrogens (tertiary/aromatic N) is 1. The molecule has 2 atom stereocenters. The molecule has 0 spiro atoms. The van der Waals surface area contributed by atoms with Crippen LogP contribution in [0, 0.1) is 13.8 Å². The third-order valence-corrected chi connectivity index (χ3v) is 6.58. The summed E-state index contributed by atoms with van der Waals surface area (Å²) in [6.45, 7) is 4.09. The quantitative estimate of drug-likeness (QED) is 0.867. The first kappa shape index (κ1) is 12.1. The van der Waals surface area contributed by atoms with E-state index in [1.54, 1.807) is 13.0 Å². The van der Waals surface area contributed by atoms with Gasteiger partial charge in [0.25, 0.3) is 0 Å². The van der Waals surface area contributed by atoms with Gasteiger partial charge in [-0.3, -0.25) is 4.79 Å². The second-order valence-electron chi connectivity index (χ2n) is 4.81. The molecule has 1 amide bonds. The van der Waals surface area contributed by atoms with Gasteiger partial charge in [-0.25, -0.2) is 8.42 Å². The number of hydrogen-bond acceptors (Lipinski definition) is 4. The summed E-state index contributed by atoms with van der Waals surface area (Å²) in [5, 5.41) is 2.78. The third kappa shape index (κ3) is 1.61. The van der Waals surface area contributed by atoms with Gasteiger partial charge >= 0.3 is 0 Å². The summed E-state index contributed by atoms with van der Waals surface area (Å²) in [5.41, 5.74) is 0. The number of piperazine rings is 1. The fourth-order valence-corrected chi connectivity index (χ4v) is 5.87. The average Bonchev–Trinajstić information content (AvgIpc) is 2.91. The number of fused-ring (bicyclic) bond motifs is 2. The van der Waals surface area contributed by atoms with E-state index in [1.165, 1.54) is 15.6 Å². The zero-order chi connectivity index (χ0) is 13.1. The fourth-order valence-electron chi connectivity index (χ4n) is 2.70. The Morgan fingerprint density at radius 3 is 2.67 bits per heavy atom. The standard InChI is InChI=1S/C11H14N2O3S2/c1-6-3-10(7(2)17-6)18(15,16)13-5-8-4-9(13)11(14)12-8/h3,8-9H,4-5H2,1-2H3,(H,12,14)/t8-,9-/m0/s1. The summed E-state index contributed by atoms with van der Waals surface area (Å²) in [5.74, 6) is -0.167. The van der Waals surface area contributed by atoms with Gasteiger partial charge in [0.2, 0.25) is 15.9 Å². The van der Waals surface area contributed by atoms with Crippen molar-refractivity contribution in [2.24, 2.45) is 0 Å². The van der Waals surface area contributed by atoms with Crippen LogP contribution in [0.3, 0.4) is 0 Å². The Morgan fingerprint density at radius 1 is 1.44 bits per heavy atom. The number of sulfonamides is 1. The third-order valence-electron chi connectivity index (χ3n) is 3.49. The Labute approximate surface area is 110 Å². The van der Waals surface area contributed by atoms with Crippen molar-refractivity contribution in [2.75, 3.05) is 6.54 Å². The molecule has 3 rings (SSSR count). The molecule has 5 nitrogen and oxygen atoms in total. The molecule has 0 saturated carbocycles. The van der Waals surface area contributed by atoms with Crippen LogP contribution in [0.1, 0.15) is 16.2 Å². The summed E-state index contributed by atoms with van der Waals surface area (Å²) < 4.78 is 26.5. The van der Waals surface area contributed by atoms with Crippen molar-refractivity contribution < 1.29 is 13.2 Å². The van der Waals surface area contributed by atoms with Crippen LogP contribution in [0.4, 0.5) is 0 Å². The van der Waals surface area contributed by atoms with Crippen LogP contribution in [0.2, 0.25) is 0 Å². The van der Waals surface area contributed by atoms with Crippen LogP contribution < -0.4 is 5.32 Å². The van der Waals surface area contributed by atoms with Crippen LogP contribution in [0.25, 0.3) is 0 Å². The molecule has 3 heterocycles. The molecule has 0 unspecified atom stereocenters. The molecule has 0 aromatic carbocycles. The van der Waals surface area contributed by atoms with Crippen molar-refractivity contribution in [3.8, 4) is 0 Å². The minimum Gasteiger partial charge on any atom is -0.351 e. The van der Waals surface area contributed by atoms with Crippen molar-refractivity contribution in [1.29, 1.82) is 0 Å². The molecule has 2 aliphatic heterocycles. The Balaban J connectivity index is 2.01. The van der Waals surface area contributed by atoms with Crippen LogP contribution in [-0.4, -0.2) is 37.3 Å². The molecule has 98 valence electrons. The molecule has 0 aliphatic carbocycles. The number of rotatable bonds is 2. The summed E-state index contributed by atoms with van der Waals surface area (Å²) >= 11 is 1.47. The molecule has 2 saturated heterocycles. The number of amides is 1. The number of thiophene rings is 1. The fraction of sp³-hybridized carbons (Fsp3) is 0.545. The van der Waals surface area contributed by atoms with Crippen molar-refractivity contribution in [2.45, 2.75) is 37.2 Å². The molecule has 7 heteroatoms. The van der Waals surface area contributed by atoms with Gasteiger partial charge in [-0.1, -0.05) is 0 Å². The van der Waals surface area contributed by atoms with E-state index in [9.17, 15) is 13.2 Å². The summed E-state index contributed by atoms with van der Waals surface area (Å²) in [6.07, 6.45) is 0.597. The lowest BCUT2D eigenvalue weighted by atomic mass is 10.2. The van der Waals surface area contributed by atoms with Gasteiger partial charge < -0.3 is 5.32 Å². The van der Waals surface area contributed by atoms with Gasteiger partial charge in [-0.15, -0.1) is 11.3 Å². The maximum atomic E-state index is 12.6. The van der Waals surface area contributed by atoms with E-state index in [-0.39, 0.29) is 11.9 Å². The summed E-state index contributed by atoms with van der Waals surface area (Å²) in [6, 6.07) is 1.16. The lowest BCUT2D eigenvalue weighted by Crippen LogP contribution is -2.50. The van der Waals surface area contributed by atoms with E-state index < -0.39 is 16.1 Å². The van der Waals surface area contributed by atoms with Gasteiger partial charge in [0.05, 0.1) is 4.90 Å². The zero-order valence-electron chi connectivity index (χ0n) is 10.1. The zero-order valence-corrected chi connectivity index (χ0v) is 11.8. The average molecular weight is 286 g/mol. The number of nitrogens with one attached hydrogen (secondary N) is 1. The molecular weight excluding hydrogens is 272 g/mol. The van der Waals surface area contributed by atoms with Gasteiger partial charge in [0.1, 0.15) is 6.04 Å². The lowest BCUT2D eigenvalue weighted by molar-refractivity contribution is -0.123. The Hall–Kier alpha value is -0.920. The highest BCUT2D eigenvalue weighted by Crippen LogP contribution is 2.34. The SMILES string of the molecule is Cc1cc(S(=O)(=O)N2C[C@@H]3C[C@H]2C(=O)N3)c(C)s1. The highest BCUT2D eigenvalue weighted by molar-refractivity contribution is 7.89. The highest BCUT2D eigenvalue weighted by atomic mass is 32.2. The van der Waals surface area contributed by atoms with Crippen LogP contribution >= 0.6 is 11.3 Å². The maximum absolute atomic E-state index is 12.6. The van der Waals surface area contributed by atoms with E-state index in [0.29, 0.717) is 17.9 Å². The number of carbonyl (C=O) groups is 1. The molecule has 2 fully saturated rings. The van der Waals surface area contributed by atoms with Crippen molar-refractivity contribution in [3.63, 3.8) is 0 Å². The maximum Gasteiger partial charge on any atom is 0.244 e.